The van der Waals surface area contributed by atoms with Crippen LogP contribution in [0.5, 0.6) is 0 Å². The number of esters is 1. The molecular weight excluding hydrogens is 260 g/mol. The van der Waals surface area contributed by atoms with Crippen molar-refractivity contribution < 1.29 is 18.3 Å². The minimum absolute atomic E-state index is 0. The summed E-state index contributed by atoms with van der Waals surface area (Å²) in [7, 11) is 1.33. The Morgan fingerprint density at radius 1 is 1.44 bits per heavy atom. The van der Waals surface area contributed by atoms with Gasteiger partial charge in [0.2, 0.25) is 0 Å². The van der Waals surface area contributed by atoms with E-state index in [0.29, 0.717) is 19.5 Å². The van der Waals surface area contributed by atoms with Crippen molar-refractivity contribution in [1.82, 2.24) is 0 Å². The number of hydrogen-bond acceptors (Lipinski definition) is 3. The van der Waals surface area contributed by atoms with Crippen LogP contribution in [0.4, 0.5) is 14.5 Å². The third kappa shape index (κ3) is 2.93. The number of hydrogen-bond donors (Lipinski definition) is 0. The van der Waals surface area contributed by atoms with Gasteiger partial charge < -0.3 is 9.64 Å². The van der Waals surface area contributed by atoms with E-state index >= 15 is 0 Å². The molecule has 1 aliphatic heterocycles. The maximum atomic E-state index is 13.5. The first-order valence-electron chi connectivity index (χ1n) is 5.39. The quantitative estimate of drug-likeness (QED) is 0.774. The molecule has 0 N–H and O–H groups in total. The van der Waals surface area contributed by atoms with Crippen LogP contribution >= 0.6 is 13.5 Å². The van der Waals surface area contributed by atoms with Crippen LogP contribution in [0, 0.1) is 17.6 Å². The molecule has 1 atom stereocenters. The lowest BCUT2D eigenvalue weighted by molar-refractivity contribution is -0.144. The van der Waals surface area contributed by atoms with Crippen molar-refractivity contribution in [2.24, 2.45) is 5.92 Å². The van der Waals surface area contributed by atoms with E-state index in [0.717, 1.165) is 18.2 Å². The van der Waals surface area contributed by atoms with Crippen molar-refractivity contribution in [2.45, 2.75) is 6.42 Å². The van der Waals surface area contributed by atoms with Crippen molar-refractivity contribution in [1.29, 1.82) is 0 Å². The van der Waals surface area contributed by atoms with Crippen molar-refractivity contribution in [3.63, 3.8) is 0 Å². The van der Waals surface area contributed by atoms with E-state index in [1.807, 2.05) is 0 Å². The highest BCUT2D eigenvalue weighted by molar-refractivity contribution is 7.59. The topological polar surface area (TPSA) is 29.5 Å². The highest BCUT2D eigenvalue weighted by Crippen LogP contribution is 2.27. The van der Waals surface area contributed by atoms with E-state index in [2.05, 4.69) is 4.74 Å². The molecule has 1 aromatic carbocycles. The largest absolute Gasteiger partial charge is 0.469 e. The second-order valence-corrected chi connectivity index (χ2v) is 4.05. The summed E-state index contributed by atoms with van der Waals surface area (Å²) < 4.78 is 31.2. The highest BCUT2D eigenvalue weighted by Gasteiger charge is 2.30. The zero-order chi connectivity index (χ0) is 12.4. The Morgan fingerprint density at radius 2 is 2.17 bits per heavy atom. The van der Waals surface area contributed by atoms with Gasteiger partial charge in [0, 0.05) is 19.2 Å². The van der Waals surface area contributed by atoms with Crippen LogP contribution in [0.2, 0.25) is 0 Å². The van der Waals surface area contributed by atoms with E-state index in [1.165, 1.54) is 7.11 Å². The Morgan fingerprint density at radius 3 is 2.83 bits per heavy atom. The Hall–Kier alpha value is -1.30. The summed E-state index contributed by atoms with van der Waals surface area (Å²) in [5, 5.41) is 0. The maximum absolute atomic E-state index is 13.5. The fourth-order valence-corrected chi connectivity index (χ4v) is 2.07. The summed E-state index contributed by atoms with van der Waals surface area (Å²) in [6, 6.07) is 3.32. The molecule has 0 aromatic heterocycles. The molecule has 0 spiro atoms. The summed E-state index contributed by atoms with van der Waals surface area (Å²) in [5.74, 6) is -1.52. The van der Waals surface area contributed by atoms with Crippen LogP contribution in [0.25, 0.3) is 0 Å². The van der Waals surface area contributed by atoms with Gasteiger partial charge in [-0.3, -0.25) is 4.79 Å². The predicted octanol–water partition coefficient (Wildman–Crippen LogP) is 2.08. The fraction of sp³-hybridized carbons (Fsp3) is 0.417. The number of carbonyl (C=O) groups excluding carboxylic acids is 1. The van der Waals surface area contributed by atoms with Gasteiger partial charge in [0.15, 0.2) is 0 Å². The van der Waals surface area contributed by atoms with Gasteiger partial charge in [-0.25, -0.2) is 8.78 Å². The monoisotopic (exact) mass is 275 g/mol. The van der Waals surface area contributed by atoms with E-state index in [1.54, 1.807) is 4.90 Å². The number of ether oxygens (including phenoxy) is 1. The molecule has 3 nitrogen and oxygen atoms in total. The molecule has 6 heteroatoms. The molecule has 0 saturated carbocycles. The van der Waals surface area contributed by atoms with Gasteiger partial charge in [-0.15, -0.1) is 0 Å². The Bertz CT molecular complexity index is 442. The average Bonchev–Trinajstić information content (AvgIpc) is 2.80. The second kappa shape index (κ2) is 6.04. The number of halogens is 2. The van der Waals surface area contributed by atoms with Crippen molar-refractivity contribution in [2.75, 3.05) is 25.1 Å². The van der Waals surface area contributed by atoms with Crippen LogP contribution in [0.1, 0.15) is 6.42 Å². The van der Waals surface area contributed by atoms with Gasteiger partial charge in [0.1, 0.15) is 11.6 Å². The third-order valence-corrected chi connectivity index (χ3v) is 2.97. The van der Waals surface area contributed by atoms with E-state index in [-0.39, 0.29) is 31.1 Å². The van der Waals surface area contributed by atoms with Crippen molar-refractivity contribution in [3.8, 4) is 0 Å². The first-order valence-corrected chi connectivity index (χ1v) is 5.39. The highest BCUT2D eigenvalue weighted by atomic mass is 32.1. The molecule has 1 aromatic rings. The van der Waals surface area contributed by atoms with E-state index < -0.39 is 11.6 Å². The fourth-order valence-electron chi connectivity index (χ4n) is 2.07. The third-order valence-electron chi connectivity index (χ3n) is 2.97. The molecule has 0 amide bonds. The molecule has 1 aliphatic rings. The molecule has 1 heterocycles. The van der Waals surface area contributed by atoms with Gasteiger partial charge >= 0.3 is 5.97 Å². The molecule has 100 valence electrons. The number of benzene rings is 1. The van der Waals surface area contributed by atoms with Crippen LogP contribution in [0.3, 0.4) is 0 Å². The van der Waals surface area contributed by atoms with Crippen LogP contribution in [0.15, 0.2) is 18.2 Å². The first kappa shape index (κ1) is 14.8. The number of carbonyl (C=O) groups is 1. The number of nitrogens with zero attached hydrogens (tertiary/aromatic N) is 1. The zero-order valence-electron chi connectivity index (χ0n) is 9.95. The SMILES string of the molecule is COC(=O)[C@H]1CCN(c2cc(F)ccc2F)C1.S. The summed E-state index contributed by atoms with van der Waals surface area (Å²) >= 11 is 0. The van der Waals surface area contributed by atoms with Crippen LogP contribution in [-0.2, 0) is 9.53 Å². The number of anilines is 1. The minimum Gasteiger partial charge on any atom is -0.469 e. The summed E-state index contributed by atoms with van der Waals surface area (Å²) in [6.45, 7) is 0.896. The number of methoxy groups -OCH3 is 1. The van der Waals surface area contributed by atoms with E-state index in [4.69, 9.17) is 0 Å². The molecular formula is C12H15F2NO2S. The summed E-state index contributed by atoms with van der Waals surface area (Å²) in [6.07, 6.45) is 0.600. The molecule has 0 radical (unpaired) electrons. The van der Waals surface area contributed by atoms with Crippen LogP contribution < -0.4 is 4.90 Å². The van der Waals surface area contributed by atoms with Gasteiger partial charge in [-0.1, -0.05) is 0 Å². The number of rotatable bonds is 2. The van der Waals surface area contributed by atoms with Crippen LogP contribution in [-0.4, -0.2) is 26.2 Å². The van der Waals surface area contributed by atoms with Gasteiger partial charge in [0.25, 0.3) is 0 Å². The van der Waals surface area contributed by atoms with Crippen molar-refractivity contribution in [3.05, 3.63) is 29.8 Å². The van der Waals surface area contributed by atoms with Crippen molar-refractivity contribution >= 4 is 25.2 Å². The lowest BCUT2D eigenvalue weighted by Crippen LogP contribution is -2.24. The summed E-state index contributed by atoms with van der Waals surface area (Å²) in [4.78, 5) is 13.0. The normalized spacial score (nSPS) is 18.4. The molecule has 0 bridgehead atoms. The van der Waals surface area contributed by atoms with Gasteiger partial charge in [-0.05, 0) is 18.6 Å². The Kier molecular flexibility index (Phi) is 4.95. The maximum Gasteiger partial charge on any atom is 0.310 e. The van der Waals surface area contributed by atoms with Gasteiger partial charge in [0.05, 0.1) is 18.7 Å². The average molecular weight is 275 g/mol. The minimum atomic E-state index is -0.483. The van der Waals surface area contributed by atoms with Gasteiger partial charge in [-0.2, -0.15) is 13.5 Å². The lowest BCUT2D eigenvalue weighted by Gasteiger charge is -2.18. The second-order valence-electron chi connectivity index (χ2n) is 4.05. The lowest BCUT2D eigenvalue weighted by atomic mass is 10.1. The Labute approximate surface area is 111 Å². The first-order chi connectivity index (χ1) is 8.11. The Balaban J connectivity index is 0.00000162. The standard InChI is InChI=1S/C12H13F2NO2.H2S/c1-17-12(16)8-4-5-15(7-8)11-6-9(13)2-3-10(11)14;/h2-3,6,8H,4-5,7H2,1H3;1H2/t8-;/m0./s1. The molecule has 0 unspecified atom stereocenters. The molecule has 2 rings (SSSR count). The smallest absolute Gasteiger partial charge is 0.310 e. The molecule has 0 aliphatic carbocycles. The molecule has 18 heavy (non-hydrogen) atoms. The summed E-state index contributed by atoms with van der Waals surface area (Å²) in [5.41, 5.74) is 0.205. The molecule has 1 saturated heterocycles. The molecule has 1 fully saturated rings. The predicted molar refractivity (Wildman–Crippen MR) is 69.1 cm³/mol. The van der Waals surface area contributed by atoms with E-state index in [9.17, 15) is 13.6 Å². The zero-order valence-corrected chi connectivity index (χ0v) is 11.0.